The minimum absolute atomic E-state index is 0.0289. The fourth-order valence-corrected chi connectivity index (χ4v) is 4.70. The van der Waals surface area contributed by atoms with Gasteiger partial charge in [0.15, 0.2) is 17.5 Å². The Morgan fingerprint density at radius 1 is 1.16 bits per heavy atom. The number of morpholine rings is 1. The number of rotatable bonds is 10. The lowest BCUT2D eigenvalue weighted by Crippen LogP contribution is -2.60. The molecule has 8 heteroatoms. The molecule has 1 saturated heterocycles. The molecule has 2 aliphatic rings. The number of ether oxygens (including phenoxy) is 3. The first-order chi connectivity index (χ1) is 15.7. The highest BCUT2D eigenvalue weighted by molar-refractivity contribution is 5.79. The van der Waals surface area contributed by atoms with Gasteiger partial charge in [-0.15, -0.1) is 0 Å². The molecule has 0 bridgehead atoms. The fraction of sp³-hybridized carbons (Fsp3) is 0.708. The van der Waals surface area contributed by atoms with Crippen LogP contribution in [0.25, 0.3) is 0 Å². The first kappa shape index (κ1) is 24.6. The van der Waals surface area contributed by atoms with E-state index in [9.17, 15) is 0 Å². The van der Waals surface area contributed by atoms with Crippen LogP contribution >= 0.6 is 0 Å². The van der Waals surface area contributed by atoms with Gasteiger partial charge < -0.3 is 30.0 Å². The summed E-state index contributed by atoms with van der Waals surface area (Å²) < 4.78 is 16.6. The van der Waals surface area contributed by atoms with Crippen molar-refractivity contribution in [3.63, 3.8) is 0 Å². The molecular formula is C24H40N4O4. The van der Waals surface area contributed by atoms with Crippen LogP contribution in [0.5, 0.6) is 11.5 Å². The molecule has 32 heavy (non-hydrogen) atoms. The number of aliphatic hydroxyl groups excluding tert-OH is 1. The minimum atomic E-state index is -0.0289. The van der Waals surface area contributed by atoms with Crippen molar-refractivity contribution in [2.45, 2.75) is 51.1 Å². The summed E-state index contributed by atoms with van der Waals surface area (Å²) in [4.78, 5) is 7.47. The summed E-state index contributed by atoms with van der Waals surface area (Å²) in [5, 5.41) is 16.0. The number of methoxy groups -OCH3 is 1. The molecule has 1 heterocycles. The van der Waals surface area contributed by atoms with Gasteiger partial charge in [0.1, 0.15) is 6.61 Å². The molecule has 1 aliphatic heterocycles. The first-order valence-corrected chi connectivity index (χ1v) is 12.0. The van der Waals surface area contributed by atoms with E-state index < -0.39 is 0 Å². The van der Waals surface area contributed by atoms with Gasteiger partial charge in [0, 0.05) is 31.7 Å². The van der Waals surface area contributed by atoms with Crippen LogP contribution in [0.3, 0.4) is 0 Å². The highest BCUT2D eigenvalue weighted by Gasteiger charge is 2.38. The van der Waals surface area contributed by atoms with Crippen molar-refractivity contribution in [1.29, 1.82) is 0 Å². The maximum Gasteiger partial charge on any atom is 0.191 e. The zero-order valence-electron chi connectivity index (χ0n) is 19.7. The summed E-state index contributed by atoms with van der Waals surface area (Å²) in [6, 6.07) is 5.80. The normalized spacial score (nSPS) is 19.4. The molecule has 8 nitrogen and oxygen atoms in total. The third kappa shape index (κ3) is 6.73. The molecule has 0 unspecified atom stereocenters. The lowest BCUT2D eigenvalue weighted by atomic mass is 9.80. The van der Waals surface area contributed by atoms with Gasteiger partial charge in [0.05, 0.1) is 33.5 Å². The van der Waals surface area contributed by atoms with Crippen LogP contribution in [0.15, 0.2) is 23.2 Å². The van der Waals surface area contributed by atoms with E-state index in [2.05, 4.69) is 22.5 Å². The van der Waals surface area contributed by atoms with Crippen molar-refractivity contribution in [3.8, 4) is 11.5 Å². The monoisotopic (exact) mass is 448 g/mol. The van der Waals surface area contributed by atoms with Crippen LogP contribution in [0.1, 0.15) is 44.6 Å². The Hall–Kier alpha value is -2.03. The number of hydrogen-bond acceptors (Lipinski definition) is 6. The van der Waals surface area contributed by atoms with Crippen LogP contribution in [-0.4, -0.2) is 81.2 Å². The molecule has 0 atom stereocenters. The zero-order valence-corrected chi connectivity index (χ0v) is 19.7. The van der Waals surface area contributed by atoms with E-state index in [0.29, 0.717) is 18.0 Å². The standard InChI is InChI=1S/C24H40N4O4/c1-3-25-23(26-18-20-7-8-21(32-16-13-29)22(17-20)30-2)27-19-24(9-5-4-6-10-24)28-11-14-31-15-12-28/h7-8,17,29H,3-6,9-16,18-19H2,1-2H3,(H2,25,26,27). The Kier molecular flexibility index (Phi) is 9.89. The van der Waals surface area contributed by atoms with E-state index in [4.69, 9.17) is 24.3 Å². The van der Waals surface area contributed by atoms with Gasteiger partial charge in [-0.3, -0.25) is 4.90 Å². The Morgan fingerprint density at radius 3 is 2.62 bits per heavy atom. The van der Waals surface area contributed by atoms with E-state index in [1.54, 1.807) is 7.11 Å². The molecule has 180 valence electrons. The lowest BCUT2D eigenvalue weighted by Gasteiger charge is -2.48. The van der Waals surface area contributed by atoms with Gasteiger partial charge in [-0.2, -0.15) is 0 Å². The minimum Gasteiger partial charge on any atom is -0.493 e. The smallest absolute Gasteiger partial charge is 0.191 e. The second kappa shape index (κ2) is 12.9. The summed E-state index contributed by atoms with van der Waals surface area (Å²) in [5.74, 6) is 2.12. The second-order valence-electron chi connectivity index (χ2n) is 8.49. The zero-order chi connectivity index (χ0) is 22.7. The molecular weight excluding hydrogens is 408 g/mol. The van der Waals surface area contributed by atoms with Crippen LogP contribution in [-0.2, 0) is 11.3 Å². The third-order valence-corrected chi connectivity index (χ3v) is 6.39. The summed E-state index contributed by atoms with van der Waals surface area (Å²) >= 11 is 0. The van der Waals surface area contributed by atoms with Crippen molar-refractivity contribution in [1.82, 2.24) is 15.5 Å². The highest BCUT2D eigenvalue weighted by Crippen LogP contribution is 2.34. The Morgan fingerprint density at radius 2 is 1.94 bits per heavy atom. The molecule has 2 fully saturated rings. The van der Waals surface area contributed by atoms with Crippen LogP contribution in [0.2, 0.25) is 0 Å². The predicted octanol–water partition coefficient (Wildman–Crippen LogP) is 2.16. The molecule has 1 aromatic rings. The van der Waals surface area contributed by atoms with Gasteiger partial charge >= 0.3 is 0 Å². The van der Waals surface area contributed by atoms with Crippen molar-refractivity contribution < 1.29 is 19.3 Å². The Balaban J connectivity index is 1.66. The SMILES string of the molecule is CCNC(=NCc1ccc(OCCO)c(OC)c1)NCC1(N2CCOCC2)CCCCC1. The Bertz CT molecular complexity index is 716. The summed E-state index contributed by atoms with van der Waals surface area (Å²) in [6.07, 6.45) is 6.37. The molecule has 0 radical (unpaired) electrons. The molecule has 0 aromatic heterocycles. The van der Waals surface area contributed by atoms with E-state index >= 15 is 0 Å². The highest BCUT2D eigenvalue weighted by atomic mass is 16.5. The summed E-state index contributed by atoms with van der Waals surface area (Å²) in [6.45, 7) is 8.24. The van der Waals surface area contributed by atoms with Gasteiger partial charge in [-0.05, 0) is 37.5 Å². The van der Waals surface area contributed by atoms with Crippen molar-refractivity contribution >= 4 is 5.96 Å². The summed E-state index contributed by atoms with van der Waals surface area (Å²) in [5.41, 5.74) is 1.23. The van der Waals surface area contributed by atoms with Gasteiger partial charge in [-0.1, -0.05) is 25.3 Å². The van der Waals surface area contributed by atoms with Crippen molar-refractivity contribution in [3.05, 3.63) is 23.8 Å². The van der Waals surface area contributed by atoms with Crippen LogP contribution < -0.4 is 20.1 Å². The predicted molar refractivity (Wildman–Crippen MR) is 127 cm³/mol. The quantitative estimate of drug-likeness (QED) is 0.373. The van der Waals surface area contributed by atoms with E-state index in [1.807, 2.05) is 18.2 Å². The topological polar surface area (TPSA) is 87.6 Å². The largest absolute Gasteiger partial charge is 0.493 e. The molecule has 3 rings (SSSR count). The molecule has 3 N–H and O–H groups in total. The molecule has 0 amide bonds. The third-order valence-electron chi connectivity index (χ3n) is 6.39. The molecule has 1 aliphatic carbocycles. The maximum atomic E-state index is 8.98. The van der Waals surface area contributed by atoms with Gasteiger partial charge in [0.2, 0.25) is 0 Å². The number of hydrogen-bond donors (Lipinski definition) is 3. The number of benzene rings is 1. The number of nitrogens with zero attached hydrogens (tertiary/aromatic N) is 2. The van der Waals surface area contributed by atoms with Crippen LogP contribution in [0.4, 0.5) is 0 Å². The molecule has 1 aromatic carbocycles. The van der Waals surface area contributed by atoms with Gasteiger partial charge in [0.25, 0.3) is 0 Å². The fourth-order valence-electron chi connectivity index (χ4n) is 4.70. The van der Waals surface area contributed by atoms with Crippen molar-refractivity contribution in [2.75, 3.05) is 59.7 Å². The number of nitrogens with one attached hydrogen (secondary N) is 2. The lowest BCUT2D eigenvalue weighted by molar-refractivity contribution is -0.0352. The number of guanidine groups is 1. The Labute approximate surface area is 192 Å². The number of aliphatic hydroxyl groups is 1. The van der Waals surface area contributed by atoms with Crippen LogP contribution in [0, 0.1) is 0 Å². The molecule has 0 spiro atoms. The maximum absolute atomic E-state index is 8.98. The van der Waals surface area contributed by atoms with E-state index in [0.717, 1.165) is 50.9 Å². The number of aliphatic imine (C=N–C) groups is 1. The van der Waals surface area contributed by atoms with E-state index in [1.165, 1.54) is 32.1 Å². The average Bonchev–Trinajstić information content (AvgIpc) is 2.85. The van der Waals surface area contributed by atoms with E-state index in [-0.39, 0.29) is 18.8 Å². The van der Waals surface area contributed by atoms with Gasteiger partial charge in [-0.25, -0.2) is 4.99 Å². The average molecular weight is 449 g/mol. The molecule has 1 saturated carbocycles. The summed E-state index contributed by atoms with van der Waals surface area (Å²) in [7, 11) is 1.62. The van der Waals surface area contributed by atoms with Crippen molar-refractivity contribution in [2.24, 2.45) is 4.99 Å². The second-order valence-corrected chi connectivity index (χ2v) is 8.49. The first-order valence-electron chi connectivity index (χ1n) is 12.0.